The van der Waals surface area contributed by atoms with Crippen LogP contribution in [0.2, 0.25) is 0 Å². The molecule has 1 aliphatic rings. The smallest absolute Gasteiger partial charge is 0.187 e. The summed E-state index contributed by atoms with van der Waals surface area (Å²) in [5.74, 6) is 0.642. The molecule has 8 N–H and O–H groups in total. The molecule has 16 heteroatoms. The van der Waals surface area contributed by atoms with Crippen LogP contribution in [-0.2, 0) is 28.5 Å². The minimum Gasteiger partial charge on any atom is -0.394 e. The number of ether oxygens (including phenoxy) is 5. The van der Waals surface area contributed by atoms with Gasteiger partial charge in [0.1, 0.15) is 55.4 Å². The van der Waals surface area contributed by atoms with Gasteiger partial charge in [-0.15, -0.1) is 0 Å². The zero-order valence-electron chi connectivity index (χ0n) is 19.8. The Hall–Kier alpha value is -0.700. The minimum atomic E-state index is -1.89. The molecule has 1 heterocycles. The molecule has 0 unspecified atom stereocenters. The van der Waals surface area contributed by atoms with Crippen LogP contribution in [0.5, 0.6) is 0 Å². The van der Waals surface area contributed by atoms with Gasteiger partial charge >= 0.3 is 0 Å². The highest BCUT2D eigenvalue weighted by Crippen LogP contribution is 2.24. The van der Waals surface area contributed by atoms with Gasteiger partial charge in [-0.1, -0.05) is 5.16 Å². The van der Waals surface area contributed by atoms with Crippen LogP contribution in [0.25, 0.3) is 0 Å². The second kappa shape index (κ2) is 19.4. The highest BCUT2D eigenvalue weighted by Gasteiger charge is 2.46. The molecule has 36 heavy (non-hydrogen) atoms. The Morgan fingerprint density at radius 3 is 1.97 bits per heavy atom. The maximum Gasteiger partial charge on any atom is 0.187 e. The first-order valence-corrected chi connectivity index (χ1v) is 12.0. The number of thiol groups is 1. The summed E-state index contributed by atoms with van der Waals surface area (Å²) < 4.78 is 26.2. The zero-order valence-corrected chi connectivity index (χ0v) is 20.7. The highest BCUT2D eigenvalue weighted by atomic mass is 32.1. The molecular weight excluding hydrogens is 510 g/mol. The molecule has 0 bridgehead atoms. The second-order valence-corrected chi connectivity index (χ2v) is 8.12. The second-order valence-electron chi connectivity index (χ2n) is 7.68. The highest BCUT2D eigenvalue weighted by molar-refractivity contribution is 7.80. The van der Waals surface area contributed by atoms with Crippen LogP contribution in [0.4, 0.5) is 0 Å². The van der Waals surface area contributed by atoms with E-state index in [2.05, 4.69) is 17.8 Å². The number of hydrogen-bond acceptors (Lipinski definition) is 16. The van der Waals surface area contributed by atoms with E-state index < -0.39 is 68.3 Å². The Kier molecular flexibility index (Phi) is 17.9. The molecule has 0 amide bonds. The minimum absolute atomic E-state index is 0.0223. The predicted molar refractivity (Wildman–Crippen MR) is 125 cm³/mol. The summed E-state index contributed by atoms with van der Waals surface area (Å²) in [6.45, 7) is 0.703. The van der Waals surface area contributed by atoms with Crippen molar-refractivity contribution in [3.8, 4) is 0 Å². The van der Waals surface area contributed by atoms with Gasteiger partial charge in [0.2, 0.25) is 0 Å². The van der Waals surface area contributed by atoms with Crippen molar-refractivity contribution in [1.29, 1.82) is 0 Å². The quantitative estimate of drug-likeness (QED) is 0.0301. The van der Waals surface area contributed by atoms with E-state index in [0.29, 0.717) is 38.8 Å². The van der Waals surface area contributed by atoms with Crippen LogP contribution >= 0.6 is 12.6 Å². The lowest BCUT2D eigenvalue weighted by Gasteiger charge is -2.42. The molecule has 0 aromatic carbocycles. The Balaban J connectivity index is 2.41. The molecule has 1 aliphatic heterocycles. The van der Waals surface area contributed by atoms with Crippen LogP contribution in [0, 0.1) is 0 Å². The van der Waals surface area contributed by atoms with E-state index >= 15 is 0 Å². The van der Waals surface area contributed by atoms with E-state index in [4.69, 9.17) is 28.5 Å². The lowest BCUT2D eigenvalue weighted by Crippen LogP contribution is -2.61. The molecule has 0 saturated carbocycles. The van der Waals surface area contributed by atoms with Gasteiger partial charge < -0.3 is 69.4 Å². The largest absolute Gasteiger partial charge is 0.394 e. The Bertz CT molecular complexity index is 577. The van der Waals surface area contributed by atoms with E-state index in [1.807, 2.05) is 0 Å². The monoisotopic (exact) mass is 549 g/mol. The topological polar surface area (TPSA) is 230 Å². The third kappa shape index (κ3) is 11.8. The molecular formula is C20H39NO14S. The van der Waals surface area contributed by atoms with Crippen LogP contribution in [0.15, 0.2) is 5.16 Å². The molecule has 9 atom stereocenters. The SMILES string of the molecule is OC[C@H](O)[C@@H](O[C@@H]1O[C@H](CO)[C@H](O)[C@H](O)[C@H]1O)[C@H](O)[C@H](O)/C=N\OCCOCCOCCOCCS. The summed E-state index contributed by atoms with van der Waals surface area (Å²) in [5, 5.41) is 82.3. The van der Waals surface area contributed by atoms with Crippen LogP contribution in [0.1, 0.15) is 0 Å². The Morgan fingerprint density at radius 2 is 1.42 bits per heavy atom. The molecule has 0 radical (unpaired) electrons. The number of aliphatic hydroxyl groups excluding tert-OH is 8. The molecule has 0 aromatic heterocycles. The van der Waals surface area contributed by atoms with Crippen LogP contribution in [-0.4, -0.2) is 167 Å². The molecule has 0 spiro atoms. The van der Waals surface area contributed by atoms with E-state index in [9.17, 15) is 40.9 Å². The first-order valence-electron chi connectivity index (χ1n) is 11.4. The van der Waals surface area contributed by atoms with Crippen molar-refractivity contribution in [2.45, 2.75) is 55.1 Å². The lowest BCUT2D eigenvalue weighted by molar-refractivity contribution is -0.326. The van der Waals surface area contributed by atoms with Crippen molar-refractivity contribution in [2.75, 3.05) is 65.2 Å². The van der Waals surface area contributed by atoms with E-state index in [-0.39, 0.29) is 13.2 Å². The van der Waals surface area contributed by atoms with Crippen LogP contribution in [0.3, 0.4) is 0 Å². The molecule has 1 saturated heterocycles. The summed E-state index contributed by atoms with van der Waals surface area (Å²) in [6.07, 6.45) is -14.6. The molecule has 1 fully saturated rings. The average Bonchev–Trinajstić information content (AvgIpc) is 2.88. The maximum atomic E-state index is 10.4. The predicted octanol–water partition coefficient (Wildman–Crippen LogP) is -4.77. The van der Waals surface area contributed by atoms with Gasteiger partial charge in [0.05, 0.1) is 59.1 Å². The average molecular weight is 550 g/mol. The van der Waals surface area contributed by atoms with E-state index in [0.717, 1.165) is 6.21 Å². The van der Waals surface area contributed by atoms with Crippen molar-refractivity contribution in [3.05, 3.63) is 0 Å². The van der Waals surface area contributed by atoms with E-state index in [1.165, 1.54) is 0 Å². The molecule has 0 aromatic rings. The van der Waals surface area contributed by atoms with Crippen molar-refractivity contribution in [1.82, 2.24) is 0 Å². The molecule has 0 aliphatic carbocycles. The molecule has 15 nitrogen and oxygen atoms in total. The van der Waals surface area contributed by atoms with Gasteiger partial charge in [0.15, 0.2) is 6.29 Å². The van der Waals surface area contributed by atoms with Crippen molar-refractivity contribution in [2.24, 2.45) is 5.16 Å². The van der Waals surface area contributed by atoms with E-state index in [1.54, 1.807) is 0 Å². The van der Waals surface area contributed by atoms with Gasteiger partial charge in [-0.05, 0) is 0 Å². The third-order valence-electron chi connectivity index (χ3n) is 4.98. The Labute approximate surface area is 214 Å². The van der Waals surface area contributed by atoms with Crippen molar-refractivity contribution >= 4 is 18.8 Å². The number of aliphatic hydroxyl groups is 8. The summed E-state index contributed by atoms with van der Waals surface area (Å²) in [6, 6.07) is 0. The number of hydrogen-bond donors (Lipinski definition) is 9. The first kappa shape index (κ1) is 33.3. The van der Waals surface area contributed by atoms with Crippen LogP contribution < -0.4 is 0 Å². The summed E-state index contributed by atoms with van der Waals surface area (Å²) in [5.41, 5.74) is 0. The fraction of sp³-hybridized carbons (Fsp3) is 0.950. The van der Waals surface area contributed by atoms with Gasteiger partial charge in [0.25, 0.3) is 0 Å². The van der Waals surface area contributed by atoms with Gasteiger partial charge in [-0.25, -0.2) is 0 Å². The third-order valence-corrected chi connectivity index (χ3v) is 5.16. The number of rotatable bonds is 20. The summed E-state index contributed by atoms with van der Waals surface area (Å²) >= 11 is 4.01. The zero-order chi connectivity index (χ0) is 26.9. The normalized spacial score (nSPS) is 28.2. The fourth-order valence-electron chi connectivity index (χ4n) is 2.98. The molecule has 1 rings (SSSR count). The Morgan fingerprint density at radius 1 is 0.833 bits per heavy atom. The van der Waals surface area contributed by atoms with Crippen molar-refractivity contribution < 1.29 is 69.4 Å². The van der Waals surface area contributed by atoms with Gasteiger partial charge in [-0.2, -0.15) is 12.6 Å². The van der Waals surface area contributed by atoms with Gasteiger partial charge in [0, 0.05) is 5.75 Å². The summed E-state index contributed by atoms with van der Waals surface area (Å²) in [7, 11) is 0. The standard InChI is InChI=1S/C20H39NO14S/c22-10-13(25)19(35-20-18(29)17(28)16(27)14(11-23)34-20)15(26)12(24)9-21-33-6-5-31-2-1-30-3-4-32-7-8-36/h9,12-20,22-29,36H,1-8,10-11H2/b21-9-/t12-,13+,14-,15-,16+,17+,18-,19-,20+/m1/s1. The summed E-state index contributed by atoms with van der Waals surface area (Å²) in [4.78, 5) is 4.91. The maximum absolute atomic E-state index is 10.4. The lowest BCUT2D eigenvalue weighted by atomic mass is 9.98. The fourth-order valence-corrected chi connectivity index (χ4v) is 3.11. The molecule has 214 valence electrons. The van der Waals surface area contributed by atoms with Gasteiger partial charge in [-0.3, -0.25) is 0 Å². The van der Waals surface area contributed by atoms with Crippen molar-refractivity contribution in [3.63, 3.8) is 0 Å². The number of nitrogens with zero attached hydrogens (tertiary/aromatic N) is 1. The number of oxime groups is 1. The first-order chi connectivity index (χ1) is 17.3.